The second-order valence-corrected chi connectivity index (χ2v) is 10.1. The Labute approximate surface area is 196 Å². The van der Waals surface area contributed by atoms with Crippen molar-refractivity contribution in [1.29, 1.82) is 0 Å². The van der Waals surface area contributed by atoms with Crippen LogP contribution in [0.2, 0.25) is 0 Å². The number of thioether (sulfide) groups is 1. The number of aryl methyl sites for hydroxylation is 2. The number of carbonyl (C=O) groups is 2. The molecule has 1 aliphatic heterocycles. The lowest BCUT2D eigenvalue weighted by Gasteiger charge is -2.17. The van der Waals surface area contributed by atoms with E-state index < -0.39 is 0 Å². The molecule has 6 nitrogen and oxygen atoms in total. The maximum atomic E-state index is 12.8. The monoisotopic (exact) mass is 466 g/mol. The number of anilines is 2. The summed E-state index contributed by atoms with van der Waals surface area (Å²) in [7, 11) is 0. The summed E-state index contributed by atoms with van der Waals surface area (Å²) >= 11 is 3.02. The lowest BCUT2D eigenvalue weighted by Crippen LogP contribution is -2.24. The quantitative estimate of drug-likeness (QED) is 0.470. The highest BCUT2D eigenvalue weighted by Crippen LogP contribution is 2.35. The van der Waals surface area contributed by atoms with Crippen molar-refractivity contribution in [2.24, 2.45) is 0 Å². The van der Waals surface area contributed by atoms with Crippen molar-refractivity contribution in [3.8, 4) is 0 Å². The van der Waals surface area contributed by atoms with E-state index in [0.29, 0.717) is 23.7 Å². The number of amides is 2. The van der Waals surface area contributed by atoms with Gasteiger partial charge in [0.25, 0.3) is 5.91 Å². The number of aromatic nitrogens is 2. The summed E-state index contributed by atoms with van der Waals surface area (Å²) in [6.45, 7) is 6.76. The Morgan fingerprint density at radius 2 is 1.94 bits per heavy atom. The Morgan fingerprint density at radius 3 is 2.69 bits per heavy atom. The first-order valence-corrected chi connectivity index (χ1v) is 12.5. The molecule has 1 aromatic heterocycles. The summed E-state index contributed by atoms with van der Waals surface area (Å²) in [5.74, 6) is 0.827. The van der Waals surface area contributed by atoms with Crippen molar-refractivity contribution in [3.63, 3.8) is 0 Å². The Hall–Kier alpha value is -2.71. The van der Waals surface area contributed by atoms with Crippen molar-refractivity contribution in [2.45, 2.75) is 44.4 Å². The summed E-state index contributed by atoms with van der Waals surface area (Å²) in [6, 6.07) is 13.8. The minimum atomic E-state index is -0.189. The van der Waals surface area contributed by atoms with E-state index in [1.54, 1.807) is 11.8 Å². The fraction of sp³-hybridized carbons (Fsp3) is 0.333. The lowest BCUT2D eigenvalue weighted by molar-refractivity contribution is -0.117. The zero-order valence-electron chi connectivity index (χ0n) is 18.4. The molecule has 2 aromatic carbocycles. The van der Waals surface area contributed by atoms with Gasteiger partial charge in [-0.1, -0.05) is 36.5 Å². The van der Waals surface area contributed by atoms with Gasteiger partial charge in [0, 0.05) is 29.5 Å². The van der Waals surface area contributed by atoms with E-state index in [0.717, 1.165) is 38.9 Å². The Bertz CT molecular complexity index is 1120. The van der Waals surface area contributed by atoms with Crippen LogP contribution in [0.3, 0.4) is 0 Å². The second kappa shape index (κ2) is 9.83. The zero-order valence-corrected chi connectivity index (χ0v) is 20.1. The number of hydrogen-bond donors (Lipinski definition) is 1. The molecule has 0 bridgehead atoms. The number of carbonyl (C=O) groups excluding carboxylic acids is 2. The molecule has 4 rings (SSSR count). The Balaban J connectivity index is 1.45. The second-order valence-electron chi connectivity index (χ2n) is 8.00. The molecule has 32 heavy (non-hydrogen) atoms. The van der Waals surface area contributed by atoms with Gasteiger partial charge in [-0.15, -0.1) is 22.0 Å². The normalized spacial score (nSPS) is 15.9. The van der Waals surface area contributed by atoms with Gasteiger partial charge < -0.3 is 4.90 Å². The van der Waals surface area contributed by atoms with Crippen LogP contribution in [0.1, 0.15) is 52.2 Å². The van der Waals surface area contributed by atoms with E-state index in [9.17, 15) is 9.59 Å². The van der Waals surface area contributed by atoms with Crippen LogP contribution in [0.25, 0.3) is 0 Å². The maximum absolute atomic E-state index is 12.8. The molecular weight excluding hydrogens is 440 g/mol. The predicted molar refractivity (Wildman–Crippen MR) is 131 cm³/mol. The van der Waals surface area contributed by atoms with Gasteiger partial charge >= 0.3 is 0 Å². The van der Waals surface area contributed by atoms with E-state index >= 15 is 0 Å². The lowest BCUT2D eigenvalue weighted by atomic mass is 10.1. The Kier molecular flexibility index (Phi) is 6.91. The predicted octanol–water partition coefficient (Wildman–Crippen LogP) is 5.43. The minimum absolute atomic E-state index is 0.0288. The summed E-state index contributed by atoms with van der Waals surface area (Å²) in [5.41, 5.74) is 3.83. The van der Waals surface area contributed by atoms with Gasteiger partial charge in [0.1, 0.15) is 5.01 Å². The minimum Gasteiger partial charge on any atom is -0.312 e. The van der Waals surface area contributed by atoms with E-state index in [1.165, 1.54) is 11.3 Å². The highest BCUT2D eigenvalue weighted by Gasteiger charge is 2.34. The van der Waals surface area contributed by atoms with Crippen LogP contribution < -0.4 is 10.2 Å². The smallest absolute Gasteiger partial charge is 0.258 e. The molecule has 1 aliphatic rings. The van der Waals surface area contributed by atoms with Gasteiger partial charge in [0.2, 0.25) is 11.0 Å². The zero-order chi connectivity index (χ0) is 22.7. The largest absolute Gasteiger partial charge is 0.312 e. The van der Waals surface area contributed by atoms with Crippen LogP contribution in [0.15, 0.2) is 47.4 Å². The van der Waals surface area contributed by atoms with Gasteiger partial charge in [-0.3, -0.25) is 14.9 Å². The number of rotatable bonds is 7. The molecule has 3 aromatic rings. The molecule has 0 saturated carbocycles. The van der Waals surface area contributed by atoms with Gasteiger partial charge in [-0.05, 0) is 61.4 Å². The number of nitrogens with one attached hydrogen (secondary N) is 1. The molecule has 2 heterocycles. The number of benzene rings is 2. The van der Waals surface area contributed by atoms with Crippen molar-refractivity contribution in [2.75, 3.05) is 22.5 Å². The average Bonchev–Trinajstić information content (AvgIpc) is 3.38. The van der Waals surface area contributed by atoms with Crippen molar-refractivity contribution in [1.82, 2.24) is 10.2 Å². The summed E-state index contributed by atoms with van der Waals surface area (Å²) in [5, 5.41) is 12.6. The fourth-order valence-electron chi connectivity index (χ4n) is 3.84. The van der Waals surface area contributed by atoms with E-state index in [1.807, 2.05) is 55.1 Å². The first-order chi connectivity index (χ1) is 15.4. The molecule has 2 amide bonds. The van der Waals surface area contributed by atoms with Crippen molar-refractivity contribution < 1.29 is 9.59 Å². The van der Waals surface area contributed by atoms with Gasteiger partial charge in [-0.2, -0.15) is 0 Å². The van der Waals surface area contributed by atoms with Gasteiger partial charge in [-0.25, -0.2) is 0 Å². The van der Waals surface area contributed by atoms with E-state index in [2.05, 4.69) is 28.5 Å². The molecule has 166 valence electrons. The molecule has 1 atom stereocenters. The molecule has 1 fully saturated rings. The fourth-order valence-corrected chi connectivity index (χ4v) is 5.58. The van der Waals surface area contributed by atoms with Gasteiger partial charge in [0.15, 0.2) is 0 Å². The van der Waals surface area contributed by atoms with Crippen molar-refractivity contribution in [3.05, 3.63) is 64.2 Å². The first-order valence-electron chi connectivity index (χ1n) is 10.7. The third kappa shape index (κ3) is 5.02. The van der Waals surface area contributed by atoms with Crippen LogP contribution in [-0.2, 0) is 4.79 Å². The number of hydrogen-bond acceptors (Lipinski definition) is 6. The third-order valence-corrected chi connectivity index (χ3v) is 7.53. The van der Waals surface area contributed by atoms with Crippen LogP contribution in [-0.4, -0.2) is 34.3 Å². The SMILES string of the molecule is CCCSc1ccccc1C(=O)Nc1nnc(C2CC(=O)N(c3cc(C)cc(C)c3)C2)s1. The molecule has 0 spiro atoms. The molecule has 0 aliphatic carbocycles. The van der Waals surface area contributed by atoms with Crippen LogP contribution >= 0.6 is 23.1 Å². The van der Waals surface area contributed by atoms with Crippen molar-refractivity contribution >= 4 is 45.7 Å². The Morgan fingerprint density at radius 1 is 1.19 bits per heavy atom. The van der Waals surface area contributed by atoms with Crippen LogP contribution in [0, 0.1) is 13.8 Å². The summed E-state index contributed by atoms with van der Waals surface area (Å²) < 4.78 is 0. The third-order valence-electron chi connectivity index (χ3n) is 5.25. The first kappa shape index (κ1) is 22.5. The maximum Gasteiger partial charge on any atom is 0.258 e. The number of nitrogens with zero attached hydrogens (tertiary/aromatic N) is 3. The molecule has 8 heteroatoms. The van der Waals surface area contributed by atoms with Crippen LogP contribution in [0.4, 0.5) is 10.8 Å². The summed E-state index contributed by atoms with van der Waals surface area (Å²) in [4.78, 5) is 28.3. The van der Waals surface area contributed by atoms with E-state index in [4.69, 9.17) is 0 Å². The standard InChI is InChI=1S/C24H26N4O2S2/c1-4-9-31-20-8-6-5-7-19(20)22(30)25-24-27-26-23(32-24)17-13-21(29)28(14-17)18-11-15(2)10-16(3)12-18/h5-8,10-12,17H,4,9,13-14H2,1-3H3,(H,25,27,30). The van der Waals surface area contributed by atoms with Gasteiger partial charge in [0.05, 0.1) is 5.56 Å². The molecule has 1 saturated heterocycles. The molecule has 1 unspecified atom stereocenters. The highest BCUT2D eigenvalue weighted by atomic mass is 32.2. The van der Waals surface area contributed by atoms with E-state index in [-0.39, 0.29) is 17.7 Å². The average molecular weight is 467 g/mol. The molecular formula is C24H26N4O2S2. The summed E-state index contributed by atoms with van der Waals surface area (Å²) in [6.07, 6.45) is 1.44. The molecule has 0 radical (unpaired) electrons. The van der Waals surface area contributed by atoms with Crippen LogP contribution in [0.5, 0.6) is 0 Å². The molecule has 1 N–H and O–H groups in total. The highest BCUT2D eigenvalue weighted by molar-refractivity contribution is 7.99. The topological polar surface area (TPSA) is 75.2 Å².